The lowest BCUT2D eigenvalue weighted by molar-refractivity contribution is -0.140. The van der Waals surface area contributed by atoms with E-state index in [4.69, 9.17) is 9.15 Å². The second-order valence-electron chi connectivity index (χ2n) is 5.78. The molecule has 0 radical (unpaired) electrons. The Labute approximate surface area is 154 Å². The first-order valence-electron chi connectivity index (χ1n) is 8.20. The summed E-state index contributed by atoms with van der Waals surface area (Å²) in [6.45, 7) is 1.07. The molecule has 27 heavy (non-hydrogen) atoms. The highest BCUT2D eigenvalue weighted by Gasteiger charge is 2.52. The van der Waals surface area contributed by atoms with Crippen molar-refractivity contribution >= 4 is 23.8 Å². The van der Waals surface area contributed by atoms with E-state index in [1.165, 1.54) is 18.4 Å². The van der Waals surface area contributed by atoms with Gasteiger partial charge in [-0.25, -0.2) is 9.59 Å². The minimum absolute atomic E-state index is 0.0631. The number of carbonyl (C=O) groups is 4. The third kappa shape index (κ3) is 3.39. The average molecular weight is 371 g/mol. The molecular weight excluding hydrogens is 354 g/mol. The number of furan rings is 1. The molecule has 3 rings (SSSR count). The van der Waals surface area contributed by atoms with Crippen molar-refractivity contribution in [1.29, 1.82) is 0 Å². The number of urea groups is 1. The third-order valence-electron chi connectivity index (χ3n) is 4.18. The zero-order chi connectivity index (χ0) is 19.4. The third-order valence-corrected chi connectivity index (χ3v) is 4.18. The normalized spacial score (nSPS) is 18.9. The summed E-state index contributed by atoms with van der Waals surface area (Å²) >= 11 is 0. The lowest BCUT2D eigenvalue weighted by Crippen LogP contribution is -2.49. The first-order valence-corrected chi connectivity index (χ1v) is 8.20. The van der Waals surface area contributed by atoms with Crippen molar-refractivity contribution in [2.24, 2.45) is 0 Å². The molecule has 0 unspecified atom stereocenters. The second-order valence-corrected chi connectivity index (χ2v) is 5.78. The lowest BCUT2D eigenvalue weighted by Gasteiger charge is -2.25. The predicted octanol–water partition coefficient (Wildman–Crippen LogP) is 1.32. The Morgan fingerprint density at radius 2 is 1.93 bits per heavy atom. The topological polar surface area (TPSA) is 118 Å². The molecule has 0 bridgehead atoms. The van der Waals surface area contributed by atoms with Crippen molar-refractivity contribution in [3.8, 4) is 0 Å². The van der Waals surface area contributed by atoms with Crippen LogP contribution in [0, 0.1) is 0 Å². The number of nitrogens with zero attached hydrogens (tertiary/aromatic N) is 1. The summed E-state index contributed by atoms with van der Waals surface area (Å²) in [5, 5.41) is 3.22. The van der Waals surface area contributed by atoms with Crippen LogP contribution in [0.15, 0.2) is 53.1 Å². The summed E-state index contributed by atoms with van der Waals surface area (Å²) in [5.41, 5.74) is 1.50. The largest absolute Gasteiger partial charge is 0.457 e. The van der Waals surface area contributed by atoms with Crippen LogP contribution in [0.2, 0.25) is 0 Å². The summed E-state index contributed by atoms with van der Waals surface area (Å²) < 4.78 is 9.63. The number of ether oxygens (including phenoxy) is 1. The SMILES string of the molecule is CC[C@@]1(c2ccccc2)NC(=O)N(NC(=O)COC(=O)c2ccco2)C1=O. The molecule has 0 spiro atoms. The van der Waals surface area contributed by atoms with Gasteiger partial charge in [0, 0.05) is 0 Å². The van der Waals surface area contributed by atoms with Crippen molar-refractivity contribution in [3.05, 3.63) is 60.1 Å². The molecule has 0 aliphatic carbocycles. The van der Waals surface area contributed by atoms with E-state index in [9.17, 15) is 19.2 Å². The Balaban J connectivity index is 1.66. The zero-order valence-electron chi connectivity index (χ0n) is 14.4. The second kappa shape index (κ2) is 7.32. The Bertz CT molecular complexity index is 864. The summed E-state index contributed by atoms with van der Waals surface area (Å²) in [7, 11) is 0. The summed E-state index contributed by atoms with van der Waals surface area (Å²) in [4.78, 5) is 48.7. The number of nitrogens with one attached hydrogen (secondary N) is 2. The molecule has 9 heteroatoms. The molecule has 1 aromatic heterocycles. The first kappa shape index (κ1) is 18.2. The van der Waals surface area contributed by atoms with Crippen LogP contribution in [0.3, 0.4) is 0 Å². The van der Waals surface area contributed by atoms with Crippen LogP contribution in [-0.4, -0.2) is 35.4 Å². The van der Waals surface area contributed by atoms with Crippen molar-refractivity contribution in [2.75, 3.05) is 6.61 Å². The highest BCUT2D eigenvalue weighted by Crippen LogP contribution is 2.31. The van der Waals surface area contributed by atoms with Gasteiger partial charge in [-0.15, -0.1) is 0 Å². The monoisotopic (exact) mass is 371 g/mol. The van der Waals surface area contributed by atoms with Crippen molar-refractivity contribution in [3.63, 3.8) is 0 Å². The van der Waals surface area contributed by atoms with Crippen LogP contribution in [0.1, 0.15) is 29.5 Å². The fourth-order valence-electron chi connectivity index (χ4n) is 2.79. The van der Waals surface area contributed by atoms with Crippen LogP contribution < -0.4 is 10.7 Å². The van der Waals surface area contributed by atoms with E-state index in [1.54, 1.807) is 37.3 Å². The number of imide groups is 1. The quantitative estimate of drug-likeness (QED) is 0.584. The number of amides is 4. The average Bonchev–Trinajstić information content (AvgIpc) is 3.30. The molecule has 140 valence electrons. The molecule has 9 nitrogen and oxygen atoms in total. The molecule has 1 aliphatic heterocycles. The highest BCUT2D eigenvalue weighted by atomic mass is 16.5. The van der Waals surface area contributed by atoms with E-state index in [1.807, 2.05) is 0 Å². The van der Waals surface area contributed by atoms with Gasteiger partial charge in [0.05, 0.1) is 6.26 Å². The van der Waals surface area contributed by atoms with Crippen LogP contribution in [0.5, 0.6) is 0 Å². The van der Waals surface area contributed by atoms with Crippen molar-refractivity contribution in [2.45, 2.75) is 18.9 Å². The summed E-state index contributed by atoms with van der Waals surface area (Å²) in [6, 6.07) is 10.8. The standard InChI is InChI=1S/C18H17N3O6/c1-2-18(12-7-4-3-5-8-12)16(24)21(17(25)19-18)20-14(22)11-27-15(23)13-9-6-10-26-13/h3-10H,2,11H2,1H3,(H,19,25)(H,20,22)/t18-/m0/s1. The van der Waals surface area contributed by atoms with Gasteiger partial charge in [-0.3, -0.25) is 15.0 Å². The molecular formula is C18H17N3O6. The Hall–Kier alpha value is -3.62. The zero-order valence-corrected chi connectivity index (χ0v) is 14.4. The minimum Gasteiger partial charge on any atom is -0.457 e. The smallest absolute Gasteiger partial charge is 0.374 e. The van der Waals surface area contributed by atoms with E-state index in [-0.39, 0.29) is 5.76 Å². The number of benzene rings is 1. The maximum absolute atomic E-state index is 12.8. The lowest BCUT2D eigenvalue weighted by atomic mass is 9.87. The molecule has 2 aromatic rings. The van der Waals surface area contributed by atoms with Crippen molar-refractivity contribution < 1.29 is 28.3 Å². The van der Waals surface area contributed by atoms with Gasteiger partial charge in [0.2, 0.25) is 5.76 Å². The van der Waals surface area contributed by atoms with Gasteiger partial charge in [0.25, 0.3) is 11.8 Å². The number of hydrogen-bond acceptors (Lipinski definition) is 6. The van der Waals surface area contributed by atoms with E-state index < -0.39 is 36.0 Å². The van der Waals surface area contributed by atoms with Gasteiger partial charge in [-0.05, 0) is 24.1 Å². The Morgan fingerprint density at radius 1 is 1.19 bits per heavy atom. The molecule has 2 heterocycles. The van der Waals surface area contributed by atoms with Gasteiger partial charge in [0.1, 0.15) is 5.54 Å². The Morgan fingerprint density at radius 3 is 2.56 bits per heavy atom. The number of esters is 1. The molecule has 2 N–H and O–H groups in total. The van der Waals surface area contributed by atoms with E-state index in [0.717, 1.165) is 0 Å². The molecule has 1 fully saturated rings. The van der Waals surface area contributed by atoms with Crippen LogP contribution >= 0.6 is 0 Å². The minimum atomic E-state index is -1.27. The van der Waals surface area contributed by atoms with Crippen LogP contribution in [-0.2, 0) is 19.9 Å². The van der Waals surface area contributed by atoms with Gasteiger partial charge in [-0.2, -0.15) is 5.01 Å². The molecule has 1 atom stereocenters. The molecule has 1 aliphatic rings. The number of hydrogen-bond donors (Lipinski definition) is 2. The number of carbonyl (C=O) groups excluding carboxylic acids is 4. The molecule has 4 amide bonds. The molecule has 1 saturated heterocycles. The molecule has 0 saturated carbocycles. The number of rotatable bonds is 6. The first-order chi connectivity index (χ1) is 13.0. The van der Waals surface area contributed by atoms with Crippen molar-refractivity contribution in [1.82, 2.24) is 15.8 Å². The van der Waals surface area contributed by atoms with E-state index in [2.05, 4.69) is 10.7 Å². The van der Waals surface area contributed by atoms with Crippen LogP contribution in [0.4, 0.5) is 4.79 Å². The molecule has 1 aromatic carbocycles. The Kier molecular flexibility index (Phi) is 4.93. The summed E-state index contributed by atoms with van der Waals surface area (Å²) in [5.74, 6) is -2.35. The van der Waals surface area contributed by atoms with E-state index >= 15 is 0 Å². The maximum Gasteiger partial charge on any atom is 0.374 e. The highest BCUT2D eigenvalue weighted by molar-refractivity contribution is 6.08. The fourth-order valence-corrected chi connectivity index (χ4v) is 2.79. The van der Waals surface area contributed by atoms with Gasteiger partial charge in [-0.1, -0.05) is 37.3 Å². The van der Waals surface area contributed by atoms with Gasteiger partial charge >= 0.3 is 12.0 Å². The predicted molar refractivity (Wildman–Crippen MR) is 90.9 cm³/mol. The fraction of sp³-hybridized carbons (Fsp3) is 0.222. The number of hydrazine groups is 1. The maximum atomic E-state index is 12.8. The van der Waals surface area contributed by atoms with Gasteiger partial charge in [0.15, 0.2) is 6.61 Å². The summed E-state index contributed by atoms with van der Waals surface area (Å²) in [6.07, 6.45) is 1.58. The van der Waals surface area contributed by atoms with Gasteiger partial charge < -0.3 is 14.5 Å². The van der Waals surface area contributed by atoms with Crippen LogP contribution in [0.25, 0.3) is 0 Å². The van der Waals surface area contributed by atoms with E-state index in [0.29, 0.717) is 17.0 Å².